The van der Waals surface area contributed by atoms with Crippen LogP contribution in [0.4, 0.5) is 5.82 Å². The largest absolute Gasteiger partial charge is 0.354 e. The Morgan fingerprint density at radius 2 is 2.12 bits per heavy atom. The van der Waals surface area contributed by atoms with Crippen molar-refractivity contribution in [1.29, 1.82) is 0 Å². The van der Waals surface area contributed by atoms with Crippen molar-refractivity contribution in [2.75, 3.05) is 24.5 Å². The van der Waals surface area contributed by atoms with Gasteiger partial charge in [-0.05, 0) is 43.0 Å². The summed E-state index contributed by atoms with van der Waals surface area (Å²) in [7, 11) is 0. The standard InChI is InChI=1S/C19H19N5OS/c25-18(19-21-15-5-1-2-7-16(15)26-19)20-9-12-10-24(11-12)17-8-13-4-3-6-14(13)22-23-17/h1-2,5,7-8,12H,3-4,6,9-11H2,(H,20,25). The molecule has 1 saturated heterocycles. The summed E-state index contributed by atoms with van der Waals surface area (Å²) >= 11 is 1.44. The molecular weight excluding hydrogens is 346 g/mol. The first-order valence-electron chi connectivity index (χ1n) is 9.00. The predicted octanol–water partition coefficient (Wildman–Crippen LogP) is 2.44. The average Bonchev–Trinajstić information content (AvgIpc) is 3.26. The third-order valence-corrected chi connectivity index (χ3v) is 6.16. The zero-order valence-electron chi connectivity index (χ0n) is 14.3. The number of fused-ring (bicyclic) bond motifs is 2. The van der Waals surface area contributed by atoms with Crippen LogP contribution in [0.25, 0.3) is 10.2 Å². The van der Waals surface area contributed by atoms with E-state index in [0.717, 1.165) is 47.7 Å². The van der Waals surface area contributed by atoms with Gasteiger partial charge in [-0.3, -0.25) is 4.79 Å². The van der Waals surface area contributed by atoms with Gasteiger partial charge in [0.1, 0.15) is 0 Å². The highest BCUT2D eigenvalue weighted by Crippen LogP contribution is 2.27. The van der Waals surface area contributed by atoms with Crippen molar-refractivity contribution in [2.45, 2.75) is 19.3 Å². The van der Waals surface area contributed by atoms with E-state index >= 15 is 0 Å². The number of rotatable bonds is 4. The third-order valence-electron chi connectivity index (χ3n) is 5.13. The molecule has 1 aromatic carbocycles. The monoisotopic (exact) mass is 365 g/mol. The maximum Gasteiger partial charge on any atom is 0.280 e. The highest BCUT2D eigenvalue weighted by molar-refractivity contribution is 7.20. The van der Waals surface area contributed by atoms with E-state index in [1.165, 1.54) is 23.3 Å². The van der Waals surface area contributed by atoms with Crippen LogP contribution in [0.1, 0.15) is 27.5 Å². The number of nitrogens with zero attached hydrogens (tertiary/aromatic N) is 4. The van der Waals surface area contributed by atoms with E-state index in [1.807, 2.05) is 24.3 Å². The molecular formula is C19H19N5OS. The Balaban J connectivity index is 1.16. The molecule has 0 bridgehead atoms. The van der Waals surface area contributed by atoms with Gasteiger partial charge < -0.3 is 10.2 Å². The number of nitrogens with one attached hydrogen (secondary N) is 1. The van der Waals surface area contributed by atoms with Gasteiger partial charge in [-0.2, -0.15) is 5.10 Å². The molecule has 0 saturated carbocycles. The number of thiazole rings is 1. The lowest BCUT2D eigenvalue weighted by Gasteiger charge is -2.40. The van der Waals surface area contributed by atoms with E-state index in [1.54, 1.807) is 0 Å². The van der Waals surface area contributed by atoms with Crippen LogP contribution in [0, 0.1) is 5.92 Å². The number of amides is 1. The second-order valence-electron chi connectivity index (χ2n) is 7.00. The summed E-state index contributed by atoms with van der Waals surface area (Å²) in [5, 5.41) is 12.3. The first-order chi connectivity index (χ1) is 12.8. The molecule has 26 heavy (non-hydrogen) atoms. The lowest BCUT2D eigenvalue weighted by atomic mass is 10.00. The predicted molar refractivity (Wildman–Crippen MR) is 102 cm³/mol. The molecule has 1 aliphatic heterocycles. The highest BCUT2D eigenvalue weighted by atomic mass is 32.1. The van der Waals surface area contributed by atoms with Gasteiger partial charge in [-0.25, -0.2) is 4.98 Å². The number of hydrogen-bond acceptors (Lipinski definition) is 6. The van der Waals surface area contributed by atoms with Gasteiger partial charge in [0.15, 0.2) is 10.8 Å². The lowest BCUT2D eigenvalue weighted by molar-refractivity contribution is 0.0944. The molecule has 3 aromatic rings. The van der Waals surface area contributed by atoms with Crippen molar-refractivity contribution in [3.05, 3.63) is 46.6 Å². The number of anilines is 1. The van der Waals surface area contributed by atoms with Crippen LogP contribution in [-0.4, -0.2) is 40.7 Å². The normalized spacial score (nSPS) is 16.5. The third kappa shape index (κ3) is 2.82. The van der Waals surface area contributed by atoms with Gasteiger partial charge in [0, 0.05) is 25.6 Å². The Kier molecular flexibility index (Phi) is 3.81. The lowest BCUT2D eigenvalue weighted by Crippen LogP contribution is -2.52. The van der Waals surface area contributed by atoms with Gasteiger partial charge >= 0.3 is 0 Å². The fourth-order valence-corrected chi connectivity index (χ4v) is 4.52. The Bertz CT molecular complexity index is 946. The van der Waals surface area contributed by atoms with Crippen molar-refractivity contribution in [2.24, 2.45) is 5.92 Å². The summed E-state index contributed by atoms with van der Waals surface area (Å²) in [6.45, 7) is 2.49. The minimum atomic E-state index is -0.0815. The first-order valence-corrected chi connectivity index (χ1v) is 9.82. The van der Waals surface area contributed by atoms with Gasteiger partial charge in [-0.15, -0.1) is 16.4 Å². The molecule has 132 valence electrons. The van der Waals surface area contributed by atoms with Crippen molar-refractivity contribution in [3.8, 4) is 0 Å². The summed E-state index contributed by atoms with van der Waals surface area (Å²) in [5.74, 6) is 1.34. The molecule has 5 rings (SSSR count). The first kappa shape index (κ1) is 15.7. The Hall–Kier alpha value is -2.54. The van der Waals surface area contributed by atoms with Crippen molar-refractivity contribution in [3.63, 3.8) is 0 Å². The van der Waals surface area contributed by atoms with E-state index in [-0.39, 0.29) is 5.91 Å². The molecule has 7 heteroatoms. The molecule has 0 spiro atoms. The number of carbonyl (C=O) groups is 1. The zero-order valence-corrected chi connectivity index (χ0v) is 15.1. The molecule has 6 nitrogen and oxygen atoms in total. The smallest absolute Gasteiger partial charge is 0.280 e. The topological polar surface area (TPSA) is 71.0 Å². The number of aromatic nitrogens is 3. The van der Waals surface area contributed by atoms with Crippen LogP contribution in [0.2, 0.25) is 0 Å². The maximum absolute atomic E-state index is 12.3. The van der Waals surface area contributed by atoms with E-state index in [4.69, 9.17) is 0 Å². The quantitative estimate of drug-likeness (QED) is 0.769. The fourth-order valence-electron chi connectivity index (χ4n) is 3.64. The number of carbonyl (C=O) groups excluding carboxylic acids is 1. The average molecular weight is 365 g/mol. The fraction of sp³-hybridized carbons (Fsp3) is 0.368. The van der Waals surface area contributed by atoms with Crippen molar-refractivity contribution >= 4 is 33.3 Å². The van der Waals surface area contributed by atoms with E-state index in [0.29, 0.717) is 17.5 Å². The Morgan fingerprint density at radius 3 is 3.00 bits per heavy atom. The van der Waals surface area contributed by atoms with Crippen molar-refractivity contribution < 1.29 is 4.79 Å². The second kappa shape index (κ2) is 6.32. The molecule has 1 fully saturated rings. The van der Waals surface area contributed by atoms with Gasteiger partial charge in [-0.1, -0.05) is 12.1 Å². The highest BCUT2D eigenvalue weighted by Gasteiger charge is 2.29. The molecule has 2 aromatic heterocycles. The molecule has 0 unspecified atom stereocenters. The van der Waals surface area contributed by atoms with Crippen molar-refractivity contribution in [1.82, 2.24) is 20.5 Å². The molecule has 2 aliphatic rings. The van der Waals surface area contributed by atoms with Crippen LogP contribution in [0.5, 0.6) is 0 Å². The number of hydrogen-bond donors (Lipinski definition) is 1. The number of benzene rings is 1. The van der Waals surface area contributed by atoms with Gasteiger partial charge in [0.25, 0.3) is 5.91 Å². The Labute approximate surface area is 155 Å². The van der Waals surface area contributed by atoms with Crippen LogP contribution < -0.4 is 10.2 Å². The molecule has 1 aliphatic carbocycles. The van der Waals surface area contributed by atoms with Crippen LogP contribution in [-0.2, 0) is 12.8 Å². The van der Waals surface area contributed by atoms with Gasteiger partial charge in [0.05, 0.1) is 15.9 Å². The SMILES string of the molecule is O=C(NCC1CN(c2cc3c(nn2)CCC3)C1)c1nc2ccccc2s1. The summed E-state index contributed by atoms with van der Waals surface area (Å²) < 4.78 is 1.04. The van der Waals surface area contributed by atoms with Crippen LogP contribution in [0.15, 0.2) is 30.3 Å². The molecule has 1 amide bonds. The second-order valence-corrected chi connectivity index (χ2v) is 8.03. The van der Waals surface area contributed by atoms with E-state index in [9.17, 15) is 4.79 Å². The van der Waals surface area contributed by atoms with Gasteiger partial charge in [0.2, 0.25) is 0 Å². The van der Waals surface area contributed by atoms with Crippen LogP contribution in [0.3, 0.4) is 0 Å². The Morgan fingerprint density at radius 1 is 1.23 bits per heavy atom. The molecule has 0 atom stereocenters. The van der Waals surface area contributed by atoms with E-state index in [2.05, 4.69) is 31.5 Å². The van der Waals surface area contributed by atoms with E-state index < -0.39 is 0 Å². The van der Waals surface area contributed by atoms with Crippen LogP contribution >= 0.6 is 11.3 Å². The summed E-state index contributed by atoms with van der Waals surface area (Å²) in [6, 6.07) is 10.0. The molecule has 1 N–H and O–H groups in total. The molecule has 0 radical (unpaired) electrons. The maximum atomic E-state index is 12.3. The number of para-hydroxylation sites is 1. The zero-order chi connectivity index (χ0) is 17.5. The minimum Gasteiger partial charge on any atom is -0.354 e. The molecule has 3 heterocycles. The summed E-state index contributed by atoms with van der Waals surface area (Å²) in [4.78, 5) is 19.0. The summed E-state index contributed by atoms with van der Waals surface area (Å²) in [6.07, 6.45) is 3.37. The number of aryl methyl sites for hydroxylation is 2. The summed E-state index contributed by atoms with van der Waals surface area (Å²) in [5.41, 5.74) is 3.39. The minimum absolute atomic E-state index is 0.0815.